The van der Waals surface area contributed by atoms with E-state index in [-0.39, 0.29) is 0 Å². The Morgan fingerprint density at radius 1 is 1.18 bits per heavy atom. The predicted molar refractivity (Wildman–Crippen MR) is 75.3 cm³/mol. The van der Waals surface area contributed by atoms with Crippen LogP contribution in [-0.2, 0) is 11.3 Å². The molecule has 0 aliphatic heterocycles. The fourth-order valence-electron chi connectivity index (χ4n) is 1.76. The molecule has 17 heavy (non-hydrogen) atoms. The predicted octanol–water partition coefficient (Wildman–Crippen LogP) is 4.92. The van der Waals surface area contributed by atoms with E-state index in [1.165, 1.54) is 0 Å². The van der Waals surface area contributed by atoms with Gasteiger partial charge < -0.3 is 4.74 Å². The maximum Gasteiger partial charge on any atom is 0.0713 e. The molecule has 0 atom stereocenters. The first-order valence-electron chi connectivity index (χ1n) is 5.24. The van der Waals surface area contributed by atoms with Crippen molar-refractivity contribution in [2.75, 3.05) is 7.11 Å². The van der Waals surface area contributed by atoms with Gasteiger partial charge in [0.1, 0.15) is 0 Å². The SMILES string of the molecule is COCc1cccc(-c2c(Cl)cccc2Br)c1. The van der Waals surface area contributed by atoms with Crippen LogP contribution >= 0.6 is 27.5 Å². The Kier molecular flexibility index (Phi) is 4.21. The summed E-state index contributed by atoms with van der Waals surface area (Å²) in [4.78, 5) is 0. The van der Waals surface area contributed by atoms with Gasteiger partial charge in [-0.25, -0.2) is 0 Å². The number of ether oxygens (including phenoxy) is 1. The highest BCUT2D eigenvalue weighted by Crippen LogP contribution is 2.34. The van der Waals surface area contributed by atoms with E-state index in [0.717, 1.165) is 26.2 Å². The fourth-order valence-corrected chi connectivity index (χ4v) is 2.75. The molecule has 0 radical (unpaired) electrons. The molecule has 3 heteroatoms. The third-order valence-electron chi connectivity index (χ3n) is 2.49. The van der Waals surface area contributed by atoms with Crippen LogP contribution in [0.25, 0.3) is 11.1 Å². The van der Waals surface area contributed by atoms with Crippen molar-refractivity contribution in [2.24, 2.45) is 0 Å². The lowest BCUT2D eigenvalue weighted by Crippen LogP contribution is -1.89. The first kappa shape index (κ1) is 12.6. The van der Waals surface area contributed by atoms with Crippen LogP contribution in [0.15, 0.2) is 46.9 Å². The van der Waals surface area contributed by atoms with E-state index in [4.69, 9.17) is 16.3 Å². The largest absolute Gasteiger partial charge is 0.380 e. The molecule has 0 unspecified atom stereocenters. The van der Waals surface area contributed by atoms with E-state index in [1.54, 1.807) is 7.11 Å². The zero-order chi connectivity index (χ0) is 12.3. The standard InChI is InChI=1S/C14H12BrClO/c1-17-9-10-4-2-5-11(8-10)14-12(15)6-3-7-13(14)16/h2-8H,9H2,1H3. The van der Waals surface area contributed by atoms with Gasteiger partial charge in [-0.1, -0.05) is 51.8 Å². The van der Waals surface area contributed by atoms with Gasteiger partial charge >= 0.3 is 0 Å². The number of rotatable bonds is 3. The minimum atomic E-state index is 0.607. The van der Waals surface area contributed by atoms with Crippen molar-refractivity contribution >= 4 is 27.5 Å². The molecule has 0 spiro atoms. The van der Waals surface area contributed by atoms with E-state index in [2.05, 4.69) is 22.0 Å². The highest BCUT2D eigenvalue weighted by molar-refractivity contribution is 9.10. The second-order valence-corrected chi connectivity index (χ2v) is 4.99. The van der Waals surface area contributed by atoms with Crippen molar-refractivity contribution in [1.82, 2.24) is 0 Å². The van der Waals surface area contributed by atoms with Gasteiger partial charge in [-0.05, 0) is 29.3 Å². The number of benzene rings is 2. The monoisotopic (exact) mass is 310 g/mol. The lowest BCUT2D eigenvalue weighted by Gasteiger charge is -2.09. The lowest BCUT2D eigenvalue weighted by atomic mass is 10.0. The summed E-state index contributed by atoms with van der Waals surface area (Å²) in [7, 11) is 1.69. The van der Waals surface area contributed by atoms with Crippen molar-refractivity contribution in [1.29, 1.82) is 0 Å². The highest BCUT2D eigenvalue weighted by Gasteiger charge is 2.07. The average Bonchev–Trinajstić information content (AvgIpc) is 2.30. The van der Waals surface area contributed by atoms with E-state index >= 15 is 0 Å². The smallest absolute Gasteiger partial charge is 0.0713 e. The topological polar surface area (TPSA) is 9.23 Å². The summed E-state index contributed by atoms with van der Waals surface area (Å²) < 4.78 is 6.13. The average molecular weight is 312 g/mol. The Labute approximate surface area is 115 Å². The van der Waals surface area contributed by atoms with E-state index in [0.29, 0.717) is 6.61 Å². The third kappa shape index (κ3) is 2.89. The van der Waals surface area contributed by atoms with Crippen molar-refractivity contribution in [3.8, 4) is 11.1 Å². The van der Waals surface area contributed by atoms with Crippen LogP contribution in [0.3, 0.4) is 0 Å². The summed E-state index contributed by atoms with van der Waals surface area (Å²) in [6, 6.07) is 14.0. The van der Waals surface area contributed by atoms with Crippen LogP contribution in [0.2, 0.25) is 5.02 Å². The molecule has 1 nitrogen and oxygen atoms in total. The Morgan fingerprint density at radius 2 is 1.94 bits per heavy atom. The molecule has 2 aromatic carbocycles. The molecule has 0 heterocycles. The number of methoxy groups -OCH3 is 1. The second kappa shape index (κ2) is 5.67. The molecule has 2 rings (SSSR count). The summed E-state index contributed by atoms with van der Waals surface area (Å²) in [5, 5.41) is 0.744. The molecular weight excluding hydrogens is 300 g/mol. The first-order valence-corrected chi connectivity index (χ1v) is 6.41. The molecular formula is C14H12BrClO. The molecule has 0 fully saturated rings. The molecule has 0 aliphatic carbocycles. The van der Waals surface area contributed by atoms with Crippen molar-refractivity contribution in [2.45, 2.75) is 6.61 Å². The van der Waals surface area contributed by atoms with Gasteiger partial charge in [0.2, 0.25) is 0 Å². The summed E-state index contributed by atoms with van der Waals surface area (Å²) in [5.74, 6) is 0. The maximum absolute atomic E-state index is 6.23. The zero-order valence-electron chi connectivity index (χ0n) is 9.41. The van der Waals surface area contributed by atoms with Crippen molar-refractivity contribution in [3.63, 3.8) is 0 Å². The zero-order valence-corrected chi connectivity index (χ0v) is 11.8. The van der Waals surface area contributed by atoms with Gasteiger partial charge in [-0.3, -0.25) is 0 Å². The number of halogens is 2. The molecule has 2 aromatic rings. The fraction of sp³-hybridized carbons (Fsp3) is 0.143. The van der Waals surface area contributed by atoms with Gasteiger partial charge in [0, 0.05) is 22.2 Å². The maximum atomic E-state index is 6.23. The number of hydrogen-bond acceptors (Lipinski definition) is 1. The van der Waals surface area contributed by atoms with Gasteiger partial charge in [0.15, 0.2) is 0 Å². The Morgan fingerprint density at radius 3 is 2.65 bits per heavy atom. The van der Waals surface area contributed by atoms with Crippen molar-refractivity contribution < 1.29 is 4.74 Å². The van der Waals surface area contributed by atoms with Gasteiger partial charge in [0.25, 0.3) is 0 Å². The minimum absolute atomic E-state index is 0.607. The number of hydrogen-bond donors (Lipinski definition) is 0. The third-order valence-corrected chi connectivity index (χ3v) is 3.47. The van der Waals surface area contributed by atoms with Crippen molar-refractivity contribution in [3.05, 3.63) is 57.5 Å². The summed E-state index contributed by atoms with van der Waals surface area (Å²) in [5.41, 5.74) is 3.25. The van der Waals surface area contributed by atoms with E-state index in [1.807, 2.05) is 36.4 Å². The van der Waals surface area contributed by atoms with Gasteiger partial charge in [0.05, 0.1) is 6.61 Å². The molecule has 0 aromatic heterocycles. The molecule has 0 aliphatic rings. The Bertz CT molecular complexity index is 505. The summed E-state index contributed by atoms with van der Waals surface area (Å²) in [6.45, 7) is 0.607. The van der Waals surface area contributed by atoms with E-state index in [9.17, 15) is 0 Å². The highest BCUT2D eigenvalue weighted by atomic mass is 79.9. The van der Waals surface area contributed by atoms with Crippen LogP contribution in [-0.4, -0.2) is 7.11 Å². The Balaban J connectivity index is 2.49. The second-order valence-electron chi connectivity index (χ2n) is 3.73. The molecule has 88 valence electrons. The quantitative estimate of drug-likeness (QED) is 0.782. The minimum Gasteiger partial charge on any atom is -0.380 e. The van der Waals surface area contributed by atoms with Crippen LogP contribution < -0.4 is 0 Å². The summed E-state index contributed by atoms with van der Waals surface area (Å²) in [6.07, 6.45) is 0. The van der Waals surface area contributed by atoms with Crippen LogP contribution in [0.5, 0.6) is 0 Å². The molecule has 0 saturated heterocycles. The molecule has 0 bridgehead atoms. The molecule has 0 N–H and O–H groups in total. The van der Waals surface area contributed by atoms with Gasteiger partial charge in [-0.15, -0.1) is 0 Å². The normalized spacial score (nSPS) is 10.5. The molecule has 0 amide bonds. The van der Waals surface area contributed by atoms with E-state index < -0.39 is 0 Å². The Hall–Kier alpha value is -0.830. The molecule has 0 saturated carbocycles. The van der Waals surface area contributed by atoms with Crippen LogP contribution in [0.1, 0.15) is 5.56 Å². The lowest BCUT2D eigenvalue weighted by molar-refractivity contribution is 0.185. The summed E-state index contributed by atoms with van der Waals surface area (Å²) >= 11 is 9.76. The van der Waals surface area contributed by atoms with Crippen LogP contribution in [0.4, 0.5) is 0 Å². The van der Waals surface area contributed by atoms with Gasteiger partial charge in [-0.2, -0.15) is 0 Å². The first-order chi connectivity index (χ1) is 8.22. The van der Waals surface area contributed by atoms with Crippen LogP contribution in [0, 0.1) is 0 Å².